The van der Waals surface area contributed by atoms with Gasteiger partial charge >= 0.3 is 0 Å². The minimum Gasteiger partial charge on any atom is -0.337 e. The molecule has 21 heavy (non-hydrogen) atoms. The molecule has 1 atom stereocenters. The molecule has 118 valence electrons. The molecule has 2 rings (SSSR count). The summed E-state index contributed by atoms with van der Waals surface area (Å²) >= 11 is 0. The SMILES string of the molecule is CCCS(=O)(=O)CC(=O)N1CCCC[C@@H]1Cn1cccn1. The Morgan fingerprint density at radius 1 is 1.38 bits per heavy atom. The van der Waals surface area contributed by atoms with Crippen LogP contribution in [0.25, 0.3) is 0 Å². The number of sulfone groups is 1. The number of likely N-dealkylation sites (tertiary alicyclic amines) is 1. The number of hydrogen-bond acceptors (Lipinski definition) is 4. The van der Waals surface area contributed by atoms with Crippen molar-refractivity contribution in [3.8, 4) is 0 Å². The zero-order chi connectivity index (χ0) is 15.3. The largest absolute Gasteiger partial charge is 0.337 e. The number of rotatable bonds is 6. The fraction of sp³-hybridized carbons (Fsp3) is 0.714. The second-order valence-corrected chi connectivity index (χ2v) is 7.74. The van der Waals surface area contributed by atoms with Crippen molar-refractivity contribution >= 4 is 15.7 Å². The van der Waals surface area contributed by atoms with E-state index in [1.165, 1.54) is 0 Å². The van der Waals surface area contributed by atoms with E-state index in [1.54, 1.807) is 15.8 Å². The maximum Gasteiger partial charge on any atom is 0.238 e. The summed E-state index contributed by atoms with van der Waals surface area (Å²) in [7, 11) is -3.28. The van der Waals surface area contributed by atoms with Gasteiger partial charge in [-0.2, -0.15) is 5.10 Å². The Hall–Kier alpha value is -1.37. The molecule has 6 nitrogen and oxygen atoms in total. The van der Waals surface area contributed by atoms with E-state index in [2.05, 4.69) is 5.10 Å². The number of nitrogens with zero attached hydrogens (tertiary/aromatic N) is 3. The predicted molar refractivity (Wildman–Crippen MR) is 80.5 cm³/mol. The van der Waals surface area contributed by atoms with Crippen LogP contribution in [0.3, 0.4) is 0 Å². The van der Waals surface area contributed by atoms with Crippen molar-refractivity contribution < 1.29 is 13.2 Å². The van der Waals surface area contributed by atoms with Crippen LogP contribution in [0.4, 0.5) is 0 Å². The molecule has 2 heterocycles. The third-order valence-corrected chi connectivity index (χ3v) is 5.48. The molecule has 0 N–H and O–H groups in total. The Kier molecular flexibility index (Phi) is 5.39. The van der Waals surface area contributed by atoms with Crippen LogP contribution in [-0.4, -0.2) is 53.1 Å². The molecule has 1 amide bonds. The average Bonchev–Trinajstić information content (AvgIpc) is 2.91. The lowest BCUT2D eigenvalue weighted by molar-refractivity contribution is -0.132. The van der Waals surface area contributed by atoms with Crippen molar-refractivity contribution in [3.05, 3.63) is 18.5 Å². The van der Waals surface area contributed by atoms with Crippen LogP contribution in [0, 0.1) is 0 Å². The van der Waals surface area contributed by atoms with Gasteiger partial charge in [-0.3, -0.25) is 9.48 Å². The smallest absolute Gasteiger partial charge is 0.238 e. The van der Waals surface area contributed by atoms with Crippen molar-refractivity contribution in [2.45, 2.75) is 45.2 Å². The van der Waals surface area contributed by atoms with E-state index >= 15 is 0 Å². The van der Waals surface area contributed by atoms with Gasteiger partial charge in [0.25, 0.3) is 0 Å². The number of carbonyl (C=O) groups is 1. The molecule has 0 bridgehead atoms. The van der Waals surface area contributed by atoms with Crippen LogP contribution in [-0.2, 0) is 21.2 Å². The maximum atomic E-state index is 12.3. The van der Waals surface area contributed by atoms with Gasteiger partial charge in [0.1, 0.15) is 5.75 Å². The van der Waals surface area contributed by atoms with Gasteiger partial charge in [-0.05, 0) is 31.7 Å². The number of hydrogen-bond donors (Lipinski definition) is 0. The Bertz CT molecular complexity index is 554. The van der Waals surface area contributed by atoms with E-state index < -0.39 is 9.84 Å². The molecule has 0 aliphatic carbocycles. The first-order valence-corrected chi connectivity index (χ1v) is 9.31. The van der Waals surface area contributed by atoms with Gasteiger partial charge in [0.05, 0.1) is 18.3 Å². The molecule has 1 aromatic heterocycles. The summed E-state index contributed by atoms with van der Waals surface area (Å²) in [6.45, 7) is 3.09. The van der Waals surface area contributed by atoms with Gasteiger partial charge in [0.2, 0.25) is 5.91 Å². The molecule has 0 saturated carbocycles. The summed E-state index contributed by atoms with van der Waals surface area (Å²) in [6, 6.07) is 1.89. The molecule has 7 heteroatoms. The van der Waals surface area contributed by atoms with Crippen LogP contribution in [0.1, 0.15) is 32.6 Å². The molecule has 0 aromatic carbocycles. The number of carbonyl (C=O) groups excluding carboxylic acids is 1. The standard InChI is InChI=1S/C14H23N3O3S/c1-2-10-21(19,20)12-14(18)17-9-4-3-6-13(17)11-16-8-5-7-15-16/h5,7-8,13H,2-4,6,9-12H2,1H3/t13-/m1/s1. The van der Waals surface area contributed by atoms with Gasteiger partial charge in [0, 0.05) is 18.9 Å². The molecule has 0 spiro atoms. The molecule has 1 fully saturated rings. The van der Waals surface area contributed by atoms with E-state index in [9.17, 15) is 13.2 Å². The fourth-order valence-electron chi connectivity index (χ4n) is 2.80. The van der Waals surface area contributed by atoms with E-state index in [1.807, 2.05) is 19.2 Å². The zero-order valence-corrected chi connectivity index (χ0v) is 13.3. The summed E-state index contributed by atoms with van der Waals surface area (Å²) < 4.78 is 25.5. The molecule has 0 unspecified atom stereocenters. The van der Waals surface area contributed by atoms with Crippen molar-refractivity contribution in [2.75, 3.05) is 18.1 Å². The molecular weight excluding hydrogens is 290 g/mol. The minimum absolute atomic E-state index is 0.0444. The third kappa shape index (κ3) is 4.56. The molecule has 1 aromatic rings. The van der Waals surface area contributed by atoms with Crippen LogP contribution >= 0.6 is 0 Å². The van der Waals surface area contributed by atoms with Crippen molar-refractivity contribution in [3.63, 3.8) is 0 Å². The predicted octanol–water partition coefficient (Wildman–Crippen LogP) is 1.09. The summed E-state index contributed by atoms with van der Waals surface area (Å²) in [4.78, 5) is 14.1. The van der Waals surface area contributed by atoms with Crippen molar-refractivity contribution in [1.29, 1.82) is 0 Å². The van der Waals surface area contributed by atoms with Gasteiger partial charge < -0.3 is 4.90 Å². The van der Waals surface area contributed by atoms with E-state index in [-0.39, 0.29) is 23.5 Å². The van der Waals surface area contributed by atoms with Gasteiger partial charge in [-0.1, -0.05) is 6.92 Å². The van der Waals surface area contributed by atoms with Gasteiger partial charge in [-0.15, -0.1) is 0 Å². The van der Waals surface area contributed by atoms with Gasteiger partial charge in [-0.25, -0.2) is 8.42 Å². The topological polar surface area (TPSA) is 72.3 Å². The highest BCUT2D eigenvalue weighted by Crippen LogP contribution is 2.19. The van der Waals surface area contributed by atoms with Crippen LogP contribution in [0.15, 0.2) is 18.5 Å². The van der Waals surface area contributed by atoms with Crippen molar-refractivity contribution in [1.82, 2.24) is 14.7 Å². The van der Waals surface area contributed by atoms with E-state index in [0.717, 1.165) is 19.3 Å². The second-order valence-electron chi connectivity index (χ2n) is 5.56. The maximum absolute atomic E-state index is 12.3. The summed E-state index contributed by atoms with van der Waals surface area (Å²) in [5.74, 6) is -0.548. The monoisotopic (exact) mass is 313 g/mol. The lowest BCUT2D eigenvalue weighted by Gasteiger charge is -2.35. The summed E-state index contributed by atoms with van der Waals surface area (Å²) in [5.41, 5.74) is 0. The summed E-state index contributed by atoms with van der Waals surface area (Å²) in [6.07, 6.45) is 7.03. The van der Waals surface area contributed by atoms with Crippen LogP contribution in [0.2, 0.25) is 0 Å². The normalized spacial score (nSPS) is 19.7. The molecule has 0 radical (unpaired) electrons. The Balaban J connectivity index is 2.02. The molecular formula is C14H23N3O3S. The van der Waals surface area contributed by atoms with Gasteiger partial charge in [0.15, 0.2) is 9.84 Å². The first-order valence-electron chi connectivity index (χ1n) is 7.49. The highest BCUT2D eigenvalue weighted by atomic mass is 32.2. The molecule has 1 saturated heterocycles. The summed E-state index contributed by atoms with van der Waals surface area (Å²) in [5, 5.41) is 4.17. The lowest BCUT2D eigenvalue weighted by Crippen LogP contribution is -2.48. The Morgan fingerprint density at radius 2 is 2.19 bits per heavy atom. The highest BCUT2D eigenvalue weighted by Gasteiger charge is 2.29. The van der Waals surface area contributed by atoms with Crippen LogP contribution < -0.4 is 0 Å². The molecule has 1 aliphatic rings. The first kappa shape index (κ1) is 16.0. The lowest BCUT2D eigenvalue weighted by atomic mass is 10.0. The fourth-order valence-corrected chi connectivity index (χ4v) is 4.11. The average molecular weight is 313 g/mol. The van der Waals surface area contributed by atoms with Crippen molar-refractivity contribution in [2.24, 2.45) is 0 Å². The van der Waals surface area contributed by atoms with E-state index in [4.69, 9.17) is 0 Å². The Labute approximate surface area is 126 Å². The molecule has 1 aliphatic heterocycles. The van der Waals surface area contributed by atoms with Crippen LogP contribution in [0.5, 0.6) is 0 Å². The number of piperidine rings is 1. The second kappa shape index (κ2) is 7.06. The van der Waals surface area contributed by atoms with E-state index in [0.29, 0.717) is 19.5 Å². The quantitative estimate of drug-likeness (QED) is 0.788. The third-order valence-electron chi connectivity index (χ3n) is 3.76. The minimum atomic E-state index is -3.28. The number of aromatic nitrogens is 2. The Morgan fingerprint density at radius 3 is 2.86 bits per heavy atom. The zero-order valence-electron chi connectivity index (χ0n) is 12.4. The number of amides is 1. The highest BCUT2D eigenvalue weighted by molar-refractivity contribution is 7.92. The first-order chi connectivity index (χ1) is 10.0.